The molecule has 0 aromatic heterocycles. The quantitative estimate of drug-likeness (QED) is 0.567. The van der Waals surface area contributed by atoms with Gasteiger partial charge in [-0.25, -0.2) is 0 Å². The number of rotatable bonds is 3. The van der Waals surface area contributed by atoms with Gasteiger partial charge in [0, 0.05) is 5.33 Å². The van der Waals surface area contributed by atoms with Gasteiger partial charge in [-0.2, -0.15) is 0 Å². The third-order valence-electron chi connectivity index (χ3n) is 1.79. The Morgan fingerprint density at radius 2 is 2.45 bits per heavy atom. The van der Waals surface area contributed by atoms with Crippen LogP contribution in [-0.4, -0.2) is 23.4 Å². The molecular formula is C7H12BrNO2. The van der Waals surface area contributed by atoms with E-state index in [4.69, 9.17) is 10.5 Å². The van der Waals surface area contributed by atoms with E-state index < -0.39 is 0 Å². The number of carbonyl (C=O) groups excluding carboxylic acids is 1. The summed E-state index contributed by atoms with van der Waals surface area (Å²) in [5.74, 6) is -0.155. The number of hydrogen-bond acceptors (Lipinski definition) is 3. The minimum Gasteiger partial charge on any atom is -0.461 e. The Labute approximate surface area is 74.4 Å². The molecule has 0 unspecified atom stereocenters. The molecule has 2 atom stereocenters. The first-order valence-corrected chi connectivity index (χ1v) is 4.87. The van der Waals surface area contributed by atoms with Crippen LogP contribution in [0, 0.1) is 0 Å². The first-order chi connectivity index (χ1) is 5.24. The van der Waals surface area contributed by atoms with Crippen molar-refractivity contribution in [1.29, 1.82) is 0 Å². The molecular weight excluding hydrogens is 210 g/mol. The molecule has 11 heavy (non-hydrogen) atoms. The molecule has 1 fully saturated rings. The molecule has 2 N–H and O–H groups in total. The molecule has 1 heterocycles. The second kappa shape index (κ2) is 4.07. The largest absolute Gasteiger partial charge is 0.461 e. The highest BCUT2D eigenvalue weighted by Gasteiger charge is 2.30. The number of carbonyl (C=O) groups is 1. The molecule has 3 nitrogen and oxygen atoms in total. The first-order valence-electron chi connectivity index (χ1n) is 3.75. The zero-order chi connectivity index (χ0) is 8.27. The van der Waals surface area contributed by atoms with Gasteiger partial charge >= 0.3 is 5.97 Å². The summed E-state index contributed by atoms with van der Waals surface area (Å²) in [7, 11) is 0. The van der Waals surface area contributed by atoms with Crippen LogP contribution in [0.2, 0.25) is 0 Å². The average molecular weight is 222 g/mol. The fourth-order valence-electron chi connectivity index (χ4n) is 1.18. The van der Waals surface area contributed by atoms with Gasteiger partial charge in [0.2, 0.25) is 0 Å². The standard InChI is InChI=1S/C7H12BrNO2/c8-3-1-2-6-5(9)4-7(10)11-6/h5-6H,1-4,9H2/t5-,6+/m1/s1. The van der Waals surface area contributed by atoms with Gasteiger partial charge in [0.15, 0.2) is 0 Å². The molecule has 0 amide bonds. The number of alkyl halides is 1. The number of hydrogen-bond donors (Lipinski definition) is 1. The molecule has 4 heteroatoms. The van der Waals surface area contributed by atoms with Crippen LogP contribution in [0.15, 0.2) is 0 Å². The van der Waals surface area contributed by atoms with E-state index in [1.165, 1.54) is 0 Å². The Morgan fingerprint density at radius 3 is 2.91 bits per heavy atom. The molecule has 0 saturated carbocycles. The van der Waals surface area contributed by atoms with Gasteiger partial charge < -0.3 is 10.5 Å². The van der Waals surface area contributed by atoms with Gasteiger partial charge in [-0.05, 0) is 12.8 Å². The summed E-state index contributed by atoms with van der Waals surface area (Å²) >= 11 is 3.31. The van der Waals surface area contributed by atoms with Gasteiger partial charge in [-0.1, -0.05) is 15.9 Å². The number of esters is 1. The smallest absolute Gasteiger partial charge is 0.307 e. The van der Waals surface area contributed by atoms with Crippen molar-refractivity contribution in [1.82, 2.24) is 0 Å². The van der Waals surface area contributed by atoms with Crippen molar-refractivity contribution in [3.05, 3.63) is 0 Å². The SMILES string of the molecule is N[C@@H]1CC(=O)O[C@H]1CCCBr. The van der Waals surface area contributed by atoms with Crippen LogP contribution in [0.3, 0.4) is 0 Å². The minimum absolute atomic E-state index is 0.0416. The molecule has 0 aliphatic carbocycles. The van der Waals surface area contributed by atoms with E-state index in [2.05, 4.69) is 15.9 Å². The van der Waals surface area contributed by atoms with Gasteiger partial charge in [-0.15, -0.1) is 0 Å². The zero-order valence-corrected chi connectivity index (χ0v) is 7.84. The molecule has 1 aliphatic rings. The third-order valence-corrected chi connectivity index (χ3v) is 2.35. The van der Waals surface area contributed by atoms with Crippen LogP contribution in [0.1, 0.15) is 19.3 Å². The predicted molar refractivity (Wildman–Crippen MR) is 45.5 cm³/mol. The van der Waals surface area contributed by atoms with Crippen molar-refractivity contribution in [3.8, 4) is 0 Å². The van der Waals surface area contributed by atoms with E-state index in [-0.39, 0.29) is 18.1 Å². The lowest BCUT2D eigenvalue weighted by molar-refractivity contribution is -0.141. The summed E-state index contributed by atoms with van der Waals surface area (Å²) in [5, 5.41) is 0.938. The molecule has 1 rings (SSSR count). The highest BCUT2D eigenvalue weighted by Crippen LogP contribution is 2.17. The van der Waals surface area contributed by atoms with Crippen LogP contribution < -0.4 is 5.73 Å². The summed E-state index contributed by atoms with van der Waals surface area (Å²) in [6.45, 7) is 0. The normalized spacial score (nSPS) is 30.5. The van der Waals surface area contributed by atoms with E-state index in [9.17, 15) is 4.79 Å². The van der Waals surface area contributed by atoms with Crippen LogP contribution in [0.5, 0.6) is 0 Å². The summed E-state index contributed by atoms with van der Waals surface area (Å²) in [4.78, 5) is 10.7. The summed E-state index contributed by atoms with van der Waals surface area (Å²) < 4.78 is 4.99. The summed E-state index contributed by atoms with van der Waals surface area (Å²) in [5.41, 5.74) is 5.65. The highest BCUT2D eigenvalue weighted by atomic mass is 79.9. The minimum atomic E-state index is -0.155. The van der Waals surface area contributed by atoms with Crippen molar-refractivity contribution in [2.24, 2.45) is 5.73 Å². The Balaban J connectivity index is 2.28. The average Bonchev–Trinajstić information content (AvgIpc) is 2.26. The van der Waals surface area contributed by atoms with Crippen LogP contribution >= 0.6 is 15.9 Å². The zero-order valence-electron chi connectivity index (χ0n) is 6.25. The van der Waals surface area contributed by atoms with E-state index in [0.29, 0.717) is 6.42 Å². The maximum Gasteiger partial charge on any atom is 0.307 e. The summed E-state index contributed by atoms with van der Waals surface area (Å²) in [6.07, 6.45) is 2.22. The fourth-order valence-corrected chi connectivity index (χ4v) is 1.50. The molecule has 0 aromatic rings. The van der Waals surface area contributed by atoms with E-state index in [1.807, 2.05) is 0 Å². The Bertz CT molecular complexity index is 151. The molecule has 0 aromatic carbocycles. The molecule has 0 bridgehead atoms. The second-order valence-electron chi connectivity index (χ2n) is 2.73. The first kappa shape index (κ1) is 9.00. The molecule has 1 aliphatic heterocycles. The molecule has 64 valence electrons. The van der Waals surface area contributed by atoms with Crippen molar-refractivity contribution >= 4 is 21.9 Å². The molecule has 0 radical (unpaired) electrons. The summed E-state index contributed by atoms with van der Waals surface area (Å²) in [6, 6.07) is -0.0819. The van der Waals surface area contributed by atoms with Gasteiger partial charge in [0.1, 0.15) is 6.10 Å². The molecule has 0 spiro atoms. The monoisotopic (exact) mass is 221 g/mol. The van der Waals surface area contributed by atoms with Crippen molar-refractivity contribution in [2.45, 2.75) is 31.4 Å². The lowest BCUT2D eigenvalue weighted by atomic mass is 10.1. The van der Waals surface area contributed by atoms with Crippen molar-refractivity contribution in [3.63, 3.8) is 0 Å². The van der Waals surface area contributed by atoms with Crippen LogP contribution in [-0.2, 0) is 9.53 Å². The van der Waals surface area contributed by atoms with Gasteiger partial charge in [-0.3, -0.25) is 4.79 Å². The second-order valence-corrected chi connectivity index (χ2v) is 3.52. The third kappa shape index (κ3) is 2.45. The van der Waals surface area contributed by atoms with E-state index >= 15 is 0 Å². The maximum atomic E-state index is 10.7. The molecule has 1 saturated heterocycles. The fraction of sp³-hybridized carbons (Fsp3) is 0.857. The van der Waals surface area contributed by atoms with Crippen molar-refractivity contribution in [2.75, 3.05) is 5.33 Å². The number of halogens is 1. The Hall–Kier alpha value is -0.0900. The van der Waals surface area contributed by atoms with Crippen molar-refractivity contribution < 1.29 is 9.53 Å². The topological polar surface area (TPSA) is 52.3 Å². The van der Waals surface area contributed by atoms with Gasteiger partial charge in [0.05, 0.1) is 12.5 Å². The number of cyclic esters (lactones) is 1. The number of ether oxygens (including phenoxy) is 1. The Kier molecular flexibility index (Phi) is 3.33. The predicted octanol–water partition coefficient (Wildman–Crippen LogP) is 0.804. The number of nitrogens with two attached hydrogens (primary N) is 1. The lowest BCUT2D eigenvalue weighted by Gasteiger charge is -2.11. The van der Waals surface area contributed by atoms with Crippen LogP contribution in [0.4, 0.5) is 0 Å². The van der Waals surface area contributed by atoms with E-state index in [0.717, 1.165) is 18.2 Å². The van der Waals surface area contributed by atoms with Gasteiger partial charge in [0.25, 0.3) is 0 Å². The maximum absolute atomic E-state index is 10.7. The lowest BCUT2D eigenvalue weighted by Crippen LogP contribution is -2.29. The Morgan fingerprint density at radius 1 is 1.73 bits per heavy atom. The van der Waals surface area contributed by atoms with Crippen LogP contribution in [0.25, 0.3) is 0 Å². The highest BCUT2D eigenvalue weighted by molar-refractivity contribution is 9.09. The van der Waals surface area contributed by atoms with E-state index in [1.54, 1.807) is 0 Å².